The van der Waals surface area contributed by atoms with E-state index in [1.165, 1.54) is 0 Å². The van der Waals surface area contributed by atoms with E-state index in [9.17, 15) is 0 Å². The summed E-state index contributed by atoms with van der Waals surface area (Å²) in [5.41, 5.74) is 8.37. The summed E-state index contributed by atoms with van der Waals surface area (Å²) in [6.07, 6.45) is 10.1. The van der Waals surface area contributed by atoms with Crippen molar-refractivity contribution >= 4 is 39.5 Å². The second kappa shape index (κ2) is 10.3. The summed E-state index contributed by atoms with van der Waals surface area (Å²) in [5.74, 6) is 0. The lowest BCUT2D eigenvalue weighted by Crippen LogP contribution is -2.32. The standard InChI is InChI=1S/C36H29N3/c1-4-13-27(14-5-2)28-21-23-30(24-22-28)39-34-20-12-9-17-31(34)26(3)25-35-36(37-39)32-18-10-11-19-33(32)38(35)29-15-7-6-8-16-29/h4-25H,1,3H2,2H3/b14-5-,27-13+,35-25+,37-36-. The lowest BCUT2D eigenvalue weighted by atomic mass is 10.0. The summed E-state index contributed by atoms with van der Waals surface area (Å²) >= 11 is 0. The van der Waals surface area contributed by atoms with Gasteiger partial charge in [0.15, 0.2) is 0 Å². The van der Waals surface area contributed by atoms with Crippen LogP contribution >= 0.6 is 0 Å². The number of benzene rings is 4. The highest BCUT2D eigenvalue weighted by molar-refractivity contribution is 5.95. The molecule has 0 unspecified atom stereocenters. The van der Waals surface area contributed by atoms with Crippen LogP contribution in [0.1, 0.15) is 18.1 Å². The summed E-state index contributed by atoms with van der Waals surface area (Å²) < 4.78 is 2.28. The first-order chi connectivity index (χ1) is 19.2. The summed E-state index contributed by atoms with van der Waals surface area (Å²) in [6.45, 7) is 10.4. The number of anilines is 2. The molecule has 4 aromatic carbocycles. The van der Waals surface area contributed by atoms with Crippen LogP contribution in [-0.4, -0.2) is 4.57 Å². The molecule has 0 atom stereocenters. The van der Waals surface area contributed by atoms with Crippen molar-refractivity contribution in [1.29, 1.82) is 0 Å². The van der Waals surface area contributed by atoms with Gasteiger partial charge in [0.25, 0.3) is 0 Å². The highest BCUT2D eigenvalue weighted by Gasteiger charge is 2.19. The second-order valence-corrected chi connectivity index (χ2v) is 9.43. The predicted molar refractivity (Wildman–Crippen MR) is 166 cm³/mol. The Hall–Kier alpha value is -5.15. The molecular weight excluding hydrogens is 474 g/mol. The van der Waals surface area contributed by atoms with Crippen LogP contribution < -0.4 is 15.7 Å². The van der Waals surface area contributed by atoms with Gasteiger partial charge in [-0.05, 0) is 66.1 Å². The lowest BCUT2D eigenvalue weighted by Gasteiger charge is -2.24. The van der Waals surface area contributed by atoms with Crippen molar-refractivity contribution in [2.24, 2.45) is 5.10 Å². The van der Waals surface area contributed by atoms with Gasteiger partial charge in [-0.2, -0.15) is 5.10 Å². The van der Waals surface area contributed by atoms with Crippen molar-refractivity contribution in [3.63, 3.8) is 0 Å². The zero-order valence-electron chi connectivity index (χ0n) is 22.0. The molecule has 0 amide bonds. The second-order valence-electron chi connectivity index (χ2n) is 9.43. The van der Waals surface area contributed by atoms with E-state index in [4.69, 9.17) is 5.10 Å². The Morgan fingerprint density at radius 3 is 2.28 bits per heavy atom. The van der Waals surface area contributed by atoms with Gasteiger partial charge in [-0.15, -0.1) is 0 Å². The first kappa shape index (κ1) is 24.2. The third-order valence-corrected chi connectivity index (χ3v) is 6.98. The Morgan fingerprint density at radius 2 is 1.51 bits per heavy atom. The SMILES string of the molecule is C=C/C=C(\C=C/C)c1ccc(N2/N=c3\c(n(-c4ccccc4)c4ccccc34)=C/C(=C)c3ccccc32)cc1. The third kappa shape index (κ3) is 4.34. The van der Waals surface area contributed by atoms with Gasteiger partial charge < -0.3 is 4.57 Å². The van der Waals surface area contributed by atoms with E-state index < -0.39 is 0 Å². The molecule has 5 aromatic rings. The zero-order valence-corrected chi connectivity index (χ0v) is 22.0. The first-order valence-electron chi connectivity index (χ1n) is 13.1. The van der Waals surface area contributed by atoms with E-state index in [1.54, 1.807) is 0 Å². The van der Waals surface area contributed by atoms with Crippen molar-refractivity contribution in [2.75, 3.05) is 5.01 Å². The molecule has 0 radical (unpaired) electrons. The summed E-state index contributed by atoms with van der Waals surface area (Å²) in [7, 11) is 0. The third-order valence-electron chi connectivity index (χ3n) is 6.98. The smallest absolute Gasteiger partial charge is 0.117 e. The molecule has 3 nitrogen and oxygen atoms in total. The zero-order chi connectivity index (χ0) is 26.8. The fraction of sp³-hybridized carbons (Fsp3) is 0.0278. The molecule has 0 saturated carbocycles. The monoisotopic (exact) mass is 503 g/mol. The van der Waals surface area contributed by atoms with E-state index in [0.29, 0.717) is 0 Å². The van der Waals surface area contributed by atoms with Crippen LogP contribution in [0, 0.1) is 0 Å². The van der Waals surface area contributed by atoms with Gasteiger partial charge in [-0.1, -0.05) is 104 Å². The van der Waals surface area contributed by atoms with Crippen LogP contribution in [0.5, 0.6) is 0 Å². The maximum absolute atomic E-state index is 5.36. The summed E-state index contributed by atoms with van der Waals surface area (Å²) in [5, 5.41) is 10.4. The number of aromatic nitrogens is 1. The molecule has 3 heteroatoms. The minimum atomic E-state index is 0.912. The van der Waals surface area contributed by atoms with E-state index in [0.717, 1.165) is 60.9 Å². The number of para-hydroxylation sites is 3. The largest absolute Gasteiger partial charge is 0.308 e. The fourth-order valence-electron chi connectivity index (χ4n) is 5.21. The van der Waals surface area contributed by atoms with Crippen LogP contribution in [-0.2, 0) is 0 Å². The molecule has 0 bridgehead atoms. The normalized spacial score (nSPS) is 15.1. The van der Waals surface area contributed by atoms with Crippen LogP contribution in [0.4, 0.5) is 11.4 Å². The molecule has 1 aliphatic rings. The van der Waals surface area contributed by atoms with Crippen molar-refractivity contribution < 1.29 is 0 Å². The molecular formula is C36H29N3. The minimum Gasteiger partial charge on any atom is -0.308 e. The highest BCUT2D eigenvalue weighted by atomic mass is 15.5. The number of nitrogens with zero attached hydrogens (tertiary/aromatic N) is 3. The van der Waals surface area contributed by atoms with Crippen LogP contribution in [0.15, 0.2) is 146 Å². The van der Waals surface area contributed by atoms with Crippen LogP contribution in [0.2, 0.25) is 0 Å². The van der Waals surface area contributed by atoms with Crippen LogP contribution in [0.3, 0.4) is 0 Å². The Kier molecular flexibility index (Phi) is 6.40. The van der Waals surface area contributed by atoms with Crippen molar-refractivity contribution in [1.82, 2.24) is 4.57 Å². The number of allylic oxidation sites excluding steroid dienone is 6. The number of hydrogen-bond donors (Lipinski definition) is 0. The van der Waals surface area contributed by atoms with E-state index in [1.807, 2.05) is 36.2 Å². The summed E-state index contributed by atoms with van der Waals surface area (Å²) in [4.78, 5) is 0. The molecule has 39 heavy (non-hydrogen) atoms. The molecule has 6 rings (SSSR count). The fourth-order valence-corrected chi connectivity index (χ4v) is 5.21. The maximum atomic E-state index is 5.36. The maximum Gasteiger partial charge on any atom is 0.117 e. The Balaban J connectivity index is 1.65. The van der Waals surface area contributed by atoms with Gasteiger partial charge >= 0.3 is 0 Å². The molecule has 188 valence electrons. The molecule has 1 aromatic heterocycles. The molecule has 0 saturated heterocycles. The first-order valence-corrected chi connectivity index (χ1v) is 13.1. The van der Waals surface area contributed by atoms with Gasteiger partial charge in [0.1, 0.15) is 5.36 Å². The Bertz CT molecular complexity index is 1890. The molecule has 0 aliphatic carbocycles. The number of hydrogen-bond acceptors (Lipinski definition) is 2. The van der Waals surface area contributed by atoms with Crippen LogP contribution in [0.25, 0.3) is 33.8 Å². The molecule has 2 heterocycles. The number of rotatable bonds is 5. The van der Waals surface area contributed by atoms with E-state index >= 15 is 0 Å². The Morgan fingerprint density at radius 1 is 0.795 bits per heavy atom. The van der Waals surface area contributed by atoms with Crippen molar-refractivity contribution in [3.05, 3.63) is 162 Å². The van der Waals surface area contributed by atoms with Crippen molar-refractivity contribution in [2.45, 2.75) is 6.92 Å². The van der Waals surface area contributed by atoms with Gasteiger partial charge in [-0.25, -0.2) is 5.01 Å². The van der Waals surface area contributed by atoms with Gasteiger partial charge in [0.2, 0.25) is 0 Å². The van der Waals surface area contributed by atoms with E-state index in [-0.39, 0.29) is 0 Å². The molecule has 1 aliphatic heterocycles. The highest BCUT2D eigenvalue weighted by Crippen LogP contribution is 2.34. The summed E-state index contributed by atoms with van der Waals surface area (Å²) in [6, 6.07) is 35.7. The van der Waals surface area contributed by atoms with Gasteiger partial charge in [-0.3, -0.25) is 0 Å². The molecule has 0 N–H and O–H groups in total. The number of fused-ring (bicyclic) bond motifs is 4. The Labute approximate surface area is 229 Å². The topological polar surface area (TPSA) is 20.5 Å². The lowest BCUT2D eigenvalue weighted by molar-refractivity contribution is 0.988. The quantitative estimate of drug-likeness (QED) is 0.223. The van der Waals surface area contributed by atoms with Gasteiger partial charge in [0.05, 0.1) is 22.2 Å². The van der Waals surface area contributed by atoms with E-state index in [2.05, 4.69) is 127 Å². The van der Waals surface area contributed by atoms with Gasteiger partial charge in [0, 0.05) is 16.6 Å². The van der Waals surface area contributed by atoms with Crippen molar-refractivity contribution in [3.8, 4) is 5.69 Å². The minimum absolute atomic E-state index is 0.912. The predicted octanol–water partition coefficient (Wildman–Crippen LogP) is 7.96. The molecule has 0 spiro atoms. The average Bonchev–Trinajstić information content (AvgIpc) is 3.27. The molecule has 0 fully saturated rings. The average molecular weight is 504 g/mol.